The second-order valence-corrected chi connectivity index (χ2v) is 7.75. The van der Waals surface area contributed by atoms with Crippen LogP contribution in [0.25, 0.3) is 5.76 Å². The molecule has 0 radical (unpaired) electrons. The number of aliphatic hydroxyl groups is 1. The van der Waals surface area contributed by atoms with E-state index < -0.39 is 17.7 Å². The van der Waals surface area contributed by atoms with Gasteiger partial charge in [0.05, 0.1) is 31.4 Å². The van der Waals surface area contributed by atoms with Gasteiger partial charge in [-0.25, -0.2) is 0 Å². The van der Waals surface area contributed by atoms with Crippen LogP contribution in [-0.4, -0.2) is 54.9 Å². The van der Waals surface area contributed by atoms with Crippen LogP contribution in [0.4, 0.5) is 0 Å². The van der Waals surface area contributed by atoms with Crippen molar-refractivity contribution in [1.82, 2.24) is 4.90 Å². The van der Waals surface area contributed by atoms with Crippen molar-refractivity contribution in [3.8, 4) is 17.2 Å². The molecule has 168 valence electrons. The average molecular weight is 439 g/mol. The van der Waals surface area contributed by atoms with E-state index in [9.17, 15) is 14.7 Å². The van der Waals surface area contributed by atoms with E-state index in [0.717, 1.165) is 0 Å². The molecular weight excluding hydrogens is 414 g/mol. The standard InChI is InChI=1S/C24H25NO7/c1-14(2)30-11-10-25-21(15-4-7-17(29-3)8-5-15)20(23(27)24(25)28)22(26)16-6-9-18-19(12-16)32-13-31-18/h4-9,12,14,21,26H,10-11,13H2,1-3H3/b22-20-. The van der Waals surface area contributed by atoms with Crippen LogP contribution >= 0.6 is 0 Å². The molecule has 1 saturated heterocycles. The molecule has 1 N–H and O–H groups in total. The molecule has 1 unspecified atom stereocenters. The summed E-state index contributed by atoms with van der Waals surface area (Å²) in [4.78, 5) is 27.4. The number of Topliss-reactive ketones (excluding diaryl/α,β-unsaturated/α-hetero) is 1. The number of rotatable bonds is 7. The van der Waals surface area contributed by atoms with Gasteiger partial charge in [-0.1, -0.05) is 12.1 Å². The summed E-state index contributed by atoms with van der Waals surface area (Å²) < 4.78 is 21.5. The quantitative estimate of drug-likeness (QED) is 0.402. The maximum Gasteiger partial charge on any atom is 0.295 e. The van der Waals surface area contributed by atoms with E-state index in [2.05, 4.69) is 0 Å². The molecule has 32 heavy (non-hydrogen) atoms. The maximum absolute atomic E-state index is 13.0. The minimum atomic E-state index is -0.762. The fourth-order valence-electron chi connectivity index (χ4n) is 3.83. The Morgan fingerprint density at radius 2 is 1.84 bits per heavy atom. The average Bonchev–Trinajstić information content (AvgIpc) is 3.36. The zero-order valence-electron chi connectivity index (χ0n) is 18.2. The third-order valence-electron chi connectivity index (χ3n) is 5.40. The highest BCUT2D eigenvalue weighted by Gasteiger charge is 2.46. The summed E-state index contributed by atoms with van der Waals surface area (Å²) in [6, 6.07) is 11.2. The molecule has 2 heterocycles. The van der Waals surface area contributed by atoms with Gasteiger partial charge in [0.15, 0.2) is 11.5 Å². The molecule has 1 amide bonds. The summed E-state index contributed by atoms with van der Waals surface area (Å²) in [6.45, 7) is 4.35. The number of hydrogen-bond donors (Lipinski definition) is 1. The first kappa shape index (κ1) is 21.7. The second-order valence-electron chi connectivity index (χ2n) is 7.75. The number of hydrogen-bond acceptors (Lipinski definition) is 7. The zero-order valence-corrected chi connectivity index (χ0v) is 18.2. The van der Waals surface area contributed by atoms with Crippen LogP contribution in [0, 0.1) is 0 Å². The summed E-state index contributed by atoms with van der Waals surface area (Å²) in [7, 11) is 1.56. The Kier molecular flexibility index (Phi) is 6.05. The number of ether oxygens (including phenoxy) is 4. The molecule has 0 spiro atoms. The fourth-order valence-corrected chi connectivity index (χ4v) is 3.83. The van der Waals surface area contributed by atoms with Crippen LogP contribution in [0.3, 0.4) is 0 Å². The van der Waals surface area contributed by atoms with Crippen LogP contribution in [0.1, 0.15) is 31.0 Å². The lowest BCUT2D eigenvalue weighted by atomic mass is 9.95. The van der Waals surface area contributed by atoms with Crippen molar-refractivity contribution in [1.29, 1.82) is 0 Å². The molecule has 2 aromatic rings. The van der Waals surface area contributed by atoms with Crippen molar-refractivity contribution in [2.45, 2.75) is 26.0 Å². The monoisotopic (exact) mass is 439 g/mol. The number of ketones is 1. The van der Waals surface area contributed by atoms with Gasteiger partial charge in [0.1, 0.15) is 11.5 Å². The van der Waals surface area contributed by atoms with Gasteiger partial charge in [-0.05, 0) is 49.7 Å². The molecule has 1 fully saturated rings. The Labute approximate surface area is 185 Å². The van der Waals surface area contributed by atoms with Gasteiger partial charge in [-0.2, -0.15) is 0 Å². The summed E-state index contributed by atoms with van der Waals surface area (Å²) in [6.07, 6.45) is -0.0140. The summed E-state index contributed by atoms with van der Waals surface area (Å²) in [5.41, 5.74) is 1.06. The maximum atomic E-state index is 13.0. The normalized spacial score (nSPS) is 19.1. The third kappa shape index (κ3) is 4.01. The minimum absolute atomic E-state index is 0.0140. The number of amides is 1. The van der Waals surface area contributed by atoms with Gasteiger partial charge in [0.2, 0.25) is 6.79 Å². The van der Waals surface area contributed by atoms with Gasteiger partial charge < -0.3 is 29.0 Å². The highest BCUT2D eigenvalue weighted by molar-refractivity contribution is 6.46. The van der Waals surface area contributed by atoms with Crippen molar-refractivity contribution in [2.75, 3.05) is 27.1 Å². The van der Waals surface area contributed by atoms with E-state index in [1.54, 1.807) is 49.6 Å². The molecule has 0 saturated carbocycles. The molecule has 2 aliphatic heterocycles. The third-order valence-corrected chi connectivity index (χ3v) is 5.40. The zero-order chi connectivity index (χ0) is 22.8. The SMILES string of the molecule is COc1ccc(C2/C(=C(/O)c3ccc4c(c3)OCO4)C(=O)C(=O)N2CCOC(C)C)cc1. The van der Waals surface area contributed by atoms with Crippen molar-refractivity contribution < 1.29 is 33.6 Å². The second kappa shape index (κ2) is 8.92. The summed E-state index contributed by atoms with van der Waals surface area (Å²) in [5, 5.41) is 11.1. The Morgan fingerprint density at radius 1 is 1.12 bits per heavy atom. The number of nitrogens with zero attached hydrogens (tertiary/aromatic N) is 1. The Hall–Kier alpha value is -3.52. The number of carbonyl (C=O) groups is 2. The van der Waals surface area contributed by atoms with Gasteiger partial charge in [0, 0.05) is 12.1 Å². The van der Waals surface area contributed by atoms with Crippen LogP contribution < -0.4 is 14.2 Å². The van der Waals surface area contributed by atoms with Gasteiger partial charge in [-0.3, -0.25) is 9.59 Å². The summed E-state index contributed by atoms with van der Waals surface area (Å²) in [5.74, 6) is -0.0282. The van der Waals surface area contributed by atoms with E-state index in [4.69, 9.17) is 18.9 Å². The number of methoxy groups -OCH3 is 1. The number of benzene rings is 2. The van der Waals surface area contributed by atoms with Gasteiger partial charge in [-0.15, -0.1) is 0 Å². The summed E-state index contributed by atoms with van der Waals surface area (Å²) >= 11 is 0. The predicted molar refractivity (Wildman–Crippen MR) is 116 cm³/mol. The topological polar surface area (TPSA) is 94.5 Å². The van der Waals surface area contributed by atoms with E-state index in [1.807, 2.05) is 13.8 Å². The first-order valence-electron chi connectivity index (χ1n) is 10.3. The van der Waals surface area contributed by atoms with E-state index >= 15 is 0 Å². The molecule has 0 aromatic heterocycles. The van der Waals surface area contributed by atoms with Gasteiger partial charge in [0.25, 0.3) is 11.7 Å². The van der Waals surface area contributed by atoms with Crippen LogP contribution in [0.2, 0.25) is 0 Å². The highest BCUT2D eigenvalue weighted by atomic mass is 16.7. The first-order valence-corrected chi connectivity index (χ1v) is 10.3. The Morgan fingerprint density at radius 3 is 2.53 bits per heavy atom. The number of likely N-dealkylation sites (tertiary alicyclic amines) is 1. The Balaban J connectivity index is 1.77. The number of aliphatic hydroxyl groups excluding tert-OH is 1. The first-order chi connectivity index (χ1) is 15.4. The Bertz CT molecular complexity index is 1060. The van der Waals surface area contributed by atoms with Crippen LogP contribution in [0.15, 0.2) is 48.0 Å². The predicted octanol–water partition coefficient (Wildman–Crippen LogP) is 3.27. The molecule has 8 nitrogen and oxygen atoms in total. The van der Waals surface area contributed by atoms with E-state index in [0.29, 0.717) is 28.4 Å². The lowest BCUT2D eigenvalue weighted by molar-refractivity contribution is -0.140. The number of carbonyl (C=O) groups excluding carboxylic acids is 2. The van der Waals surface area contributed by atoms with Crippen LogP contribution in [-0.2, 0) is 14.3 Å². The molecule has 2 aliphatic rings. The van der Waals surface area contributed by atoms with Crippen molar-refractivity contribution in [3.63, 3.8) is 0 Å². The largest absolute Gasteiger partial charge is 0.507 e. The molecular formula is C24H25NO7. The minimum Gasteiger partial charge on any atom is -0.507 e. The van der Waals surface area contributed by atoms with Crippen molar-refractivity contribution >= 4 is 17.4 Å². The smallest absolute Gasteiger partial charge is 0.295 e. The van der Waals surface area contributed by atoms with Crippen LogP contribution in [0.5, 0.6) is 17.2 Å². The highest BCUT2D eigenvalue weighted by Crippen LogP contribution is 2.41. The fraction of sp³-hybridized carbons (Fsp3) is 0.333. The van der Waals surface area contributed by atoms with Crippen molar-refractivity contribution in [2.24, 2.45) is 0 Å². The van der Waals surface area contributed by atoms with Gasteiger partial charge >= 0.3 is 0 Å². The molecule has 1 atom stereocenters. The number of fused-ring (bicyclic) bond motifs is 1. The lowest BCUT2D eigenvalue weighted by Crippen LogP contribution is -2.33. The molecule has 4 rings (SSSR count). The van der Waals surface area contributed by atoms with E-state index in [1.165, 1.54) is 4.90 Å². The van der Waals surface area contributed by atoms with Crippen molar-refractivity contribution in [3.05, 3.63) is 59.2 Å². The molecule has 8 heteroatoms. The molecule has 0 aliphatic carbocycles. The van der Waals surface area contributed by atoms with E-state index in [-0.39, 0.29) is 37.4 Å². The lowest BCUT2D eigenvalue weighted by Gasteiger charge is -2.25. The molecule has 0 bridgehead atoms. The molecule has 2 aromatic carbocycles.